The molecule has 3 rings (SSSR count). The van der Waals surface area contributed by atoms with Crippen LogP contribution in [0.25, 0.3) is 0 Å². The van der Waals surface area contributed by atoms with Crippen LogP contribution in [-0.4, -0.2) is 19.3 Å². The Morgan fingerprint density at radius 1 is 1.43 bits per heavy atom. The van der Waals surface area contributed by atoms with Gasteiger partial charge in [-0.1, -0.05) is 0 Å². The van der Waals surface area contributed by atoms with Crippen LogP contribution in [0.3, 0.4) is 0 Å². The minimum Gasteiger partial charge on any atom is -0.469 e. The van der Waals surface area contributed by atoms with Crippen molar-refractivity contribution in [3.63, 3.8) is 0 Å². The number of ether oxygens (including phenoxy) is 1. The first-order valence-electron chi connectivity index (χ1n) is 5.22. The summed E-state index contributed by atoms with van der Waals surface area (Å²) in [6.45, 7) is 1.84. The maximum Gasteiger partial charge on any atom is 0.105 e. The lowest BCUT2D eigenvalue weighted by Gasteiger charge is -2.11. The molecule has 3 unspecified atom stereocenters. The van der Waals surface area contributed by atoms with Crippen LogP contribution >= 0.6 is 0 Å². The fourth-order valence-electron chi connectivity index (χ4n) is 2.72. The van der Waals surface area contributed by atoms with E-state index in [2.05, 4.69) is 0 Å². The number of hydrogen-bond acceptors (Lipinski definition) is 3. The molecule has 1 aromatic rings. The lowest BCUT2D eigenvalue weighted by molar-refractivity contribution is 0.146. The Kier molecular flexibility index (Phi) is 1.89. The zero-order chi connectivity index (χ0) is 9.54. The van der Waals surface area contributed by atoms with E-state index in [4.69, 9.17) is 14.9 Å². The highest BCUT2D eigenvalue weighted by molar-refractivity contribution is 5.09. The van der Waals surface area contributed by atoms with Gasteiger partial charge in [0.15, 0.2) is 0 Å². The fourth-order valence-corrected chi connectivity index (χ4v) is 2.72. The summed E-state index contributed by atoms with van der Waals surface area (Å²) < 4.78 is 10.6. The summed E-state index contributed by atoms with van der Waals surface area (Å²) in [6, 6.07) is 4.16. The molecule has 1 aliphatic heterocycles. The molecule has 1 saturated heterocycles. The maximum absolute atomic E-state index is 6.14. The molecule has 2 N–H and O–H groups in total. The zero-order valence-corrected chi connectivity index (χ0v) is 8.06. The van der Waals surface area contributed by atoms with E-state index in [0.29, 0.717) is 5.92 Å². The molecule has 76 valence electrons. The lowest BCUT2D eigenvalue weighted by Crippen LogP contribution is -2.28. The van der Waals surface area contributed by atoms with Crippen molar-refractivity contribution in [2.75, 3.05) is 13.2 Å². The van der Waals surface area contributed by atoms with E-state index in [1.165, 1.54) is 0 Å². The Morgan fingerprint density at radius 3 is 2.86 bits per heavy atom. The molecule has 1 saturated carbocycles. The molecule has 2 heterocycles. The van der Waals surface area contributed by atoms with Gasteiger partial charge in [-0.3, -0.25) is 0 Å². The molecule has 3 heteroatoms. The maximum atomic E-state index is 6.14. The SMILES string of the molecule is NC(Cc1ccco1)C1C2COCC21. The molecule has 0 spiro atoms. The van der Waals surface area contributed by atoms with Crippen molar-refractivity contribution in [3.8, 4) is 0 Å². The minimum atomic E-state index is 0.250. The van der Waals surface area contributed by atoms with Crippen molar-refractivity contribution in [2.24, 2.45) is 23.5 Å². The van der Waals surface area contributed by atoms with Crippen LogP contribution in [0.15, 0.2) is 22.8 Å². The average molecular weight is 193 g/mol. The lowest BCUT2D eigenvalue weighted by atomic mass is 10.1. The topological polar surface area (TPSA) is 48.4 Å². The molecule has 2 aliphatic rings. The molecule has 3 nitrogen and oxygen atoms in total. The summed E-state index contributed by atoms with van der Waals surface area (Å²) in [4.78, 5) is 0. The molecule has 3 atom stereocenters. The van der Waals surface area contributed by atoms with Crippen molar-refractivity contribution in [1.82, 2.24) is 0 Å². The minimum absolute atomic E-state index is 0.250. The van der Waals surface area contributed by atoms with Gasteiger partial charge in [0.05, 0.1) is 19.5 Å². The number of rotatable bonds is 3. The van der Waals surface area contributed by atoms with Crippen LogP contribution in [0.1, 0.15) is 5.76 Å². The van der Waals surface area contributed by atoms with E-state index >= 15 is 0 Å². The third-order valence-corrected chi connectivity index (χ3v) is 3.53. The van der Waals surface area contributed by atoms with Gasteiger partial charge in [0, 0.05) is 12.5 Å². The van der Waals surface area contributed by atoms with Gasteiger partial charge in [0.2, 0.25) is 0 Å². The smallest absolute Gasteiger partial charge is 0.105 e. The summed E-state index contributed by atoms with van der Waals surface area (Å²) in [5.74, 6) is 3.15. The second-order valence-electron chi connectivity index (χ2n) is 4.39. The molecule has 0 amide bonds. The first kappa shape index (κ1) is 8.50. The third-order valence-electron chi connectivity index (χ3n) is 3.53. The van der Waals surface area contributed by atoms with E-state index in [9.17, 15) is 0 Å². The van der Waals surface area contributed by atoms with E-state index in [1.54, 1.807) is 6.26 Å². The predicted molar refractivity (Wildman–Crippen MR) is 51.7 cm³/mol. The zero-order valence-electron chi connectivity index (χ0n) is 8.06. The fraction of sp³-hybridized carbons (Fsp3) is 0.636. The van der Waals surface area contributed by atoms with Gasteiger partial charge in [0.25, 0.3) is 0 Å². The van der Waals surface area contributed by atoms with E-state index in [1.807, 2.05) is 12.1 Å². The van der Waals surface area contributed by atoms with Crippen molar-refractivity contribution >= 4 is 0 Å². The standard InChI is InChI=1S/C11H15NO2/c12-10(4-7-2-1-3-14-7)11-8-5-13-6-9(8)11/h1-3,8-11H,4-6,12H2. The highest BCUT2D eigenvalue weighted by atomic mass is 16.5. The number of hydrogen-bond donors (Lipinski definition) is 1. The summed E-state index contributed by atoms with van der Waals surface area (Å²) in [7, 11) is 0. The van der Waals surface area contributed by atoms with Crippen LogP contribution in [0, 0.1) is 17.8 Å². The molecular formula is C11H15NO2. The van der Waals surface area contributed by atoms with E-state index < -0.39 is 0 Å². The molecule has 14 heavy (non-hydrogen) atoms. The van der Waals surface area contributed by atoms with Crippen LogP contribution in [0.5, 0.6) is 0 Å². The Labute approximate surface area is 83.2 Å². The van der Waals surface area contributed by atoms with Gasteiger partial charge in [-0.2, -0.15) is 0 Å². The van der Waals surface area contributed by atoms with Gasteiger partial charge in [-0.25, -0.2) is 0 Å². The summed E-state index contributed by atoms with van der Waals surface area (Å²) >= 11 is 0. The Balaban J connectivity index is 1.59. The number of furan rings is 1. The summed E-state index contributed by atoms with van der Waals surface area (Å²) in [5, 5.41) is 0. The van der Waals surface area contributed by atoms with Crippen molar-refractivity contribution < 1.29 is 9.15 Å². The van der Waals surface area contributed by atoms with E-state index in [-0.39, 0.29) is 6.04 Å². The van der Waals surface area contributed by atoms with Gasteiger partial charge in [-0.15, -0.1) is 0 Å². The third kappa shape index (κ3) is 1.28. The van der Waals surface area contributed by atoms with Gasteiger partial charge < -0.3 is 14.9 Å². The molecule has 0 aromatic carbocycles. The van der Waals surface area contributed by atoms with Crippen LogP contribution in [-0.2, 0) is 11.2 Å². The molecule has 1 aromatic heterocycles. The second-order valence-corrected chi connectivity index (χ2v) is 4.39. The normalized spacial score (nSPS) is 36.8. The highest BCUT2D eigenvalue weighted by Crippen LogP contribution is 2.52. The number of nitrogens with two attached hydrogens (primary N) is 1. The van der Waals surface area contributed by atoms with Gasteiger partial charge in [0.1, 0.15) is 5.76 Å². The first-order valence-corrected chi connectivity index (χ1v) is 5.22. The van der Waals surface area contributed by atoms with Crippen molar-refractivity contribution in [1.29, 1.82) is 0 Å². The number of fused-ring (bicyclic) bond motifs is 1. The highest BCUT2D eigenvalue weighted by Gasteiger charge is 2.56. The Bertz CT molecular complexity index is 299. The molecule has 1 aliphatic carbocycles. The monoisotopic (exact) mass is 193 g/mol. The quantitative estimate of drug-likeness (QED) is 0.780. The van der Waals surface area contributed by atoms with Gasteiger partial charge in [-0.05, 0) is 29.9 Å². The molecular weight excluding hydrogens is 178 g/mol. The van der Waals surface area contributed by atoms with Crippen LogP contribution < -0.4 is 5.73 Å². The first-order chi connectivity index (χ1) is 6.86. The van der Waals surface area contributed by atoms with Crippen molar-refractivity contribution in [3.05, 3.63) is 24.2 Å². The molecule has 0 bridgehead atoms. The Hall–Kier alpha value is -0.800. The van der Waals surface area contributed by atoms with Gasteiger partial charge >= 0.3 is 0 Å². The summed E-state index contributed by atoms with van der Waals surface area (Å²) in [5.41, 5.74) is 6.14. The van der Waals surface area contributed by atoms with Crippen LogP contribution in [0.4, 0.5) is 0 Å². The Morgan fingerprint density at radius 2 is 2.21 bits per heavy atom. The molecule has 0 radical (unpaired) electrons. The second kappa shape index (κ2) is 3.11. The largest absolute Gasteiger partial charge is 0.469 e. The van der Waals surface area contributed by atoms with Crippen molar-refractivity contribution in [2.45, 2.75) is 12.5 Å². The average Bonchev–Trinajstić information content (AvgIpc) is 2.63. The van der Waals surface area contributed by atoms with E-state index in [0.717, 1.165) is 37.2 Å². The summed E-state index contributed by atoms with van der Waals surface area (Å²) in [6.07, 6.45) is 2.57. The predicted octanol–water partition coefficient (Wildman–Crippen LogP) is 1.04. The van der Waals surface area contributed by atoms with Crippen LogP contribution in [0.2, 0.25) is 0 Å². The molecule has 2 fully saturated rings.